The van der Waals surface area contributed by atoms with E-state index in [9.17, 15) is 9.59 Å². The summed E-state index contributed by atoms with van der Waals surface area (Å²) in [5.74, 6) is -0.0794. The zero-order valence-electron chi connectivity index (χ0n) is 20.7. The Balaban J connectivity index is 1.38. The van der Waals surface area contributed by atoms with Gasteiger partial charge >= 0.3 is 6.09 Å². The Bertz CT molecular complexity index is 1430. The molecule has 37 heavy (non-hydrogen) atoms. The minimum Gasteiger partial charge on any atom is -0.397 e. The molecule has 1 aromatic heterocycles. The maximum absolute atomic E-state index is 12.7. The molecular formula is C29H28N4O3S. The Hall–Kier alpha value is -4.17. The summed E-state index contributed by atoms with van der Waals surface area (Å²) < 4.78 is 5.72. The van der Waals surface area contributed by atoms with Gasteiger partial charge in [0.1, 0.15) is 5.69 Å². The minimum atomic E-state index is -0.553. The Labute approximate surface area is 219 Å². The fourth-order valence-electron chi connectivity index (χ4n) is 3.80. The van der Waals surface area contributed by atoms with Crippen molar-refractivity contribution in [3.63, 3.8) is 0 Å². The molecule has 1 heterocycles. The molecule has 8 heteroatoms. The van der Waals surface area contributed by atoms with Crippen molar-refractivity contribution in [3.05, 3.63) is 95.1 Å². The number of carbonyl (C=O) groups excluding carboxylic acids is 2. The van der Waals surface area contributed by atoms with Crippen LogP contribution in [0, 0.1) is 13.8 Å². The van der Waals surface area contributed by atoms with Crippen molar-refractivity contribution >= 4 is 34.2 Å². The SMILES string of the molecule is Cc1cccc(-c2nc(Nc3cc(C(=O)NC4CC4)ccc3C)sc2OC(=O)NCc2ccccc2)c1. The van der Waals surface area contributed by atoms with Crippen LogP contribution in [0.3, 0.4) is 0 Å². The summed E-state index contributed by atoms with van der Waals surface area (Å²) in [5, 5.41) is 10.1. The van der Waals surface area contributed by atoms with Crippen LogP contribution in [0.1, 0.15) is 39.9 Å². The quantitative estimate of drug-likeness (QED) is 0.256. The number of anilines is 2. The maximum Gasteiger partial charge on any atom is 0.413 e. The average Bonchev–Trinajstić information content (AvgIpc) is 3.62. The fourth-order valence-corrected chi connectivity index (χ4v) is 4.65. The van der Waals surface area contributed by atoms with Crippen LogP contribution in [0.15, 0.2) is 72.8 Å². The molecule has 1 saturated carbocycles. The van der Waals surface area contributed by atoms with Crippen LogP contribution in [0.25, 0.3) is 11.3 Å². The van der Waals surface area contributed by atoms with Crippen LogP contribution in [-0.4, -0.2) is 23.0 Å². The third-order valence-corrected chi connectivity index (χ3v) is 6.86. The highest BCUT2D eigenvalue weighted by atomic mass is 32.1. The van der Waals surface area contributed by atoms with E-state index in [1.165, 1.54) is 11.3 Å². The van der Waals surface area contributed by atoms with Gasteiger partial charge in [-0.25, -0.2) is 9.78 Å². The molecule has 0 aliphatic heterocycles. The maximum atomic E-state index is 12.7. The molecule has 4 aromatic rings. The van der Waals surface area contributed by atoms with Crippen molar-refractivity contribution < 1.29 is 14.3 Å². The van der Waals surface area contributed by atoms with E-state index in [4.69, 9.17) is 9.72 Å². The predicted octanol–water partition coefficient (Wildman–Crippen LogP) is 6.35. The molecule has 1 aliphatic rings. The number of nitrogens with zero attached hydrogens (tertiary/aromatic N) is 1. The number of amides is 2. The summed E-state index contributed by atoms with van der Waals surface area (Å²) in [6.45, 7) is 4.33. The lowest BCUT2D eigenvalue weighted by Gasteiger charge is -2.10. The number of rotatable bonds is 8. The molecular weight excluding hydrogens is 484 g/mol. The summed E-state index contributed by atoms with van der Waals surface area (Å²) >= 11 is 1.24. The second-order valence-corrected chi connectivity index (χ2v) is 10.1. The van der Waals surface area contributed by atoms with Crippen LogP contribution in [-0.2, 0) is 6.54 Å². The van der Waals surface area contributed by atoms with E-state index >= 15 is 0 Å². The highest BCUT2D eigenvalue weighted by molar-refractivity contribution is 7.18. The molecule has 7 nitrogen and oxygen atoms in total. The largest absolute Gasteiger partial charge is 0.413 e. The summed E-state index contributed by atoms with van der Waals surface area (Å²) in [4.78, 5) is 30.0. The fraction of sp³-hybridized carbons (Fsp3) is 0.207. The van der Waals surface area contributed by atoms with E-state index in [1.54, 1.807) is 0 Å². The first-order valence-corrected chi connectivity index (χ1v) is 13.0. The zero-order chi connectivity index (χ0) is 25.8. The molecule has 0 unspecified atom stereocenters. The Morgan fingerprint density at radius 2 is 1.81 bits per heavy atom. The molecule has 5 rings (SSSR count). The van der Waals surface area contributed by atoms with Crippen molar-refractivity contribution in [1.82, 2.24) is 15.6 Å². The average molecular weight is 513 g/mol. The van der Waals surface area contributed by atoms with Gasteiger partial charge in [-0.05, 0) is 56.0 Å². The molecule has 1 fully saturated rings. The summed E-state index contributed by atoms with van der Waals surface area (Å²) in [6, 6.07) is 23.4. The first-order chi connectivity index (χ1) is 17.9. The van der Waals surface area contributed by atoms with Gasteiger partial charge in [-0.3, -0.25) is 4.79 Å². The van der Waals surface area contributed by atoms with Crippen molar-refractivity contribution in [1.29, 1.82) is 0 Å². The minimum absolute atomic E-state index is 0.0794. The molecule has 0 atom stereocenters. The van der Waals surface area contributed by atoms with Gasteiger partial charge in [-0.15, -0.1) is 0 Å². The third-order valence-electron chi connectivity index (χ3n) is 6.01. The van der Waals surface area contributed by atoms with E-state index in [-0.39, 0.29) is 11.9 Å². The van der Waals surface area contributed by atoms with Gasteiger partial charge < -0.3 is 20.7 Å². The van der Waals surface area contributed by atoms with Gasteiger partial charge in [0.2, 0.25) is 5.06 Å². The second-order valence-electron chi connectivity index (χ2n) is 9.16. The molecule has 1 aliphatic carbocycles. The van der Waals surface area contributed by atoms with Gasteiger partial charge in [0.15, 0.2) is 5.13 Å². The number of ether oxygens (including phenoxy) is 1. The Morgan fingerprint density at radius 3 is 2.57 bits per heavy atom. The molecule has 3 aromatic carbocycles. The lowest BCUT2D eigenvalue weighted by molar-refractivity contribution is 0.0951. The molecule has 2 amide bonds. The van der Waals surface area contributed by atoms with E-state index in [1.807, 2.05) is 86.6 Å². The summed E-state index contributed by atoms with van der Waals surface area (Å²) in [6.07, 6.45) is 1.51. The number of carbonyl (C=O) groups is 2. The van der Waals surface area contributed by atoms with Crippen LogP contribution >= 0.6 is 11.3 Å². The smallest absolute Gasteiger partial charge is 0.397 e. The highest BCUT2D eigenvalue weighted by Crippen LogP contribution is 2.40. The number of hydrogen-bond acceptors (Lipinski definition) is 6. The van der Waals surface area contributed by atoms with Gasteiger partial charge in [-0.2, -0.15) is 0 Å². The first-order valence-electron chi connectivity index (χ1n) is 12.2. The standard InChI is InChI=1S/C29H28N4O3S/c1-18-7-6-10-21(15-18)25-27(36-29(35)30-17-20-8-4-3-5-9-20)37-28(33-25)32-24-16-22(12-11-19(24)2)26(34)31-23-13-14-23/h3-12,15-16,23H,13-14,17H2,1-2H3,(H,30,35)(H,31,34)(H,32,33). The number of aryl methyl sites for hydroxylation is 2. The van der Waals surface area contributed by atoms with Crippen LogP contribution < -0.4 is 20.7 Å². The van der Waals surface area contributed by atoms with E-state index in [0.717, 1.165) is 40.8 Å². The summed E-state index contributed by atoms with van der Waals surface area (Å²) in [7, 11) is 0. The van der Waals surface area contributed by atoms with Crippen molar-refractivity contribution in [2.75, 3.05) is 5.32 Å². The number of aromatic nitrogens is 1. The second kappa shape index (κ2) is 10.8. The van der Waals surface area contributed by atoms with Crippen LogP contribution in [0.2, 0.25) is 0 Å². The van der Waals surface area contributed by atoms with Gasteiger partial charge in [0.05, 0.1) is 0 Å². The number of nitrogens with one attached hydrogen (secondary N) is 3. The Morgan fingerprint density at radius 1 is 1.00 bits per heavy atom. The summed E-state index contributed by atoms with van der Waals surface area (Å²) in [5.41, 5.74) is 5.81. The van der Waals surface area contributed by atoms with E-state index in [2.05, 4.69) is 16.0 Å². The van der Waals surface area contributed by atoms with Crippen molar-refractivity contribution in [3.8, 4) is 16.3 Å². The van der Waals surface area contributed by atoms with Gasteiger partial charge in [0.25, 0.3) is 5.91 Å². The monoisotopic (exact) mass is 512 g/mol. The topological polar surface area (TPSA) is 92.3 Å². The van der Waals surface area contributed by atoms with E-state index < -0.39 is 6.09 Å². The lowest BCUT2D eigenvalue weighted by Crippen LogP contribution is -2.26. The molecule has 0 spiro atoms. The molecule has 188 valence electrons. The highest BCUT2D eigenvalue weighted by Gasteiger charge is 2.24. The predicted molar refractivity (Wildman–Crippen MR) is 147 cm³/mol. The third kappa shape index (κ3) is 6.34. The lowest BCUT2D eigenvalue weighted by atomic mass is 10.1. The van der Waals surface area contributed by atoms with Gasteiger partial charge in [0, 0.05) is 29.4 Å². The first kappa shape index (κ1) is 24.5. The number of hydrogen-bond donors (Lipinski definition) is 3. The van der Waals surface area contributed by atoms with Crippen molar-refractivity contribution in [2.24, 2.45) is 0 Å². The Kier molecular flexibility index (Phi) is 7.18. The molecule has 0 radical (unpaired) electrons. The normalized spacial score (nSPS) is 12.6. The van der Waals surface area contributed by atoms with Crippen LogP contribution in [0.5, 0.6) is 5.06 Å². The number of benzene rings is 3. The van der Waals surface area contributed by atoms with Crippen LogP contribution in [0.4, 0.5) is 15.6 Å². The molecule has 0 saturated heterocycles. The number of thiazole rings is 1. The molecule has 3 N–H and O–H groups in total. The molecule has 0 bridgehead atoms. The zero-order valence-corrected chi connectivity index (χ0v) is 21.5. The van der Waals surface area contributed by atoms with Crippen molar-refractivity contribution in [2.45, 2.75) is 39.3 Å². The van der Waals surface area contributed by atoms with Gasteiger partial charge in [-0.1, -0.05) is 71.5 Å². The van der Waals surface area contributed by atoms with E-state index in [0.29, 0.717) is 28.0 Å².